The number of amidine groups is 1. The Kier molecular flexibility index (Phi) is 5.29. The number of carbonyl (C=O) groups excluding carboxylic acids is 1. The second-order valence-corrected chi connectivity index (χ2v) is 8.65. The van der Waals surface area contributed by atoms with E-state index in [1.165, 1.54) is 11.8 Å². The molecule has 0 saturated heterocycles. The Morgan fingerprint density at radius 3 is 2.87 bits per heavy atom. The topological polar surface area (TPSA) is 70.2 Å². The van der Waals surface area contributed by atoms with Crippen molar-refractivity contribution in [1.82, 2.24) is 10.3 Å². The van der Waals surface area contributed by atoms with Gasteiger partial charge in [0.15, 0.2) is 10.9 Å². The standard InChI is InChI=1S/C23H19ClN4O2S/c1-2-12-31-23-26-22(29)20-16-8-3-4-9-17(16)25-21(28(20)27-23)19-11-10-18(30-19)14-6-5-7-15(24)13-14/h3-11,13,21H,2,12H2,1H3,(H,26,27,29). The van der Waals surface area contributed by atoms with E-state index in [0.29, 0.717) is 27.4 Å². The molecule has 0 bridgehead atoms. The molecule has 5 rings (SSSR count). The molecule has 3 aromatic rings. The zero-order chi connectivity index (χ0) is 21.4. The first kappa shape index (κ1) is 19.9. The smallest absolute Gasteiger partial charge is 0.276 e. The summed E-state index contributed by atoms with van der Waals surface area (Å²) in [5.41, 5.74) is 1.34. The maximum absolute atomic E-state index is 13.0. The van der Waals surface area contributed by atoms with Crippen molar-refractivity contribution in [2.24, 2.45) is 10.1 Å². The average Bonchev–Trinajstić information content (AvgIpc) is 3.27. The predicted octanol–water partition coefficient (Wildman–Crippen LogP) is 3.89. The molecule has 6 nitrogen and oxygen atoms in total. The third kappa shape index (κ3) is 3.75. The number of nitrogens with one attached hydrogen (secondary N) is 1. The van der Waals surface area contributed by atoms with Crippen LogP contribution in [0.4, 0.5) is 0 Å². The number of hydrogen-bond acceptors (Lipinski definition) is 6. The second kappa shape index (κ2) is 8.24. The number of hydrazone groups is 1. The molecule has 0 saturated carbocycles. The first-order chi connectivity index (χ1) is 15.1. The van der Waals surface area contributed by atoms with E-state index in [9.17, 15) is 4.79 Å². The Bertz CT molecular complexity index is 1320. The lowest BCUT2D eigenvalue weighted by Crippen LogP contribution is -2.50. The Balaban J connectivity index is 1.62. The first-order valence-corrected chi connectivity index (χ1v) is 11.4. The number of nitrogens with zero attached hydrogens (tertiary/aromatic N) is 3. The van der Waals surface area contributed by atoms with Gasteiger partial charge in [0.05, 0.1) is 5.36 Å². The number of halogens is 1. The summed E-state index contributed by atoms with van der Waals surface area (Å²) in [6.45, 7) is 2.09. The molecule has 31 heavy (non-hydrogen) atoms. The molecule has 0 aliphatic carbocycles. The average molecular weight is 451 g/mol. The van der Waals surface area contributed by atoms with E-state index >= 15 is 0 Å². The van der Waals surface area contributed by atoms with Crippen LogP contribution in [0.25, 0.3) is 17.0 Å². The molecule has 2 aliphatic heterocycles. The van der Waals surface area contributed by atoms with E-state index in [2.05, 4.69) is 12.2 Å². The number of hydrogen-bond donors (Lipinski definition) is 1. The summed E-state index contributed by atoms with van der Waals surface area (Å²) in [6, 6.07) is 18.8. The highest BCUT2D eigenvalue weighted by atomic mass is 35.5. The van der Waals surface area contributed by atoms with Gasteiger partial charge in [-0.2, -0.15) is 0 Å². The highest BCUT2D eigenvalue weighted by Crippen LogP contribution is 2.34. The van der Waals surface area contributed by atoms with Crippen molar-refractivity contribution in [2.75, 3.05) is 5.75 Å². The molecule has 156 valence electrons. The number of fused-ring (bicyclic) bond motifs is 2. The van der Waals surface area contributed by atoms with Gasteiger partial charge in [0.1, 0.15) is 11.5 Å². The molecule has 0 fully saturated rings. The van der Waals surface area contributed by atoms with Gasteiger partial charge in [-0.25, -0.2) is 10.0 Å². The summed E-state index contributed by atoms with van der Waals surface area (Å²) in [4.78, 5) is 17.9. The molecular weight excluding hydrogens is 432 g/mol. The predicted molar refractivity (Wildman–Crippen MR) is 123 cm³/mol. The largest absolute Gasteiger partial charge is 0.457 e. The van der Waals surface area contributed by atoms with Gasteiger partial charge < -0.3 is 4.42 Å². The lowest BCUT2D eigenvalue weighted by atomic mass is 10.1. The van der Waals surface area contributed by atoms with Crippen LogP contribution >= 0.6 is 23.4 Å². The number of furan rings is 1. The van der Waals surface area contributed by atoms with Gasteiger partial charge in [-0.3, -0.25) is 10.1 Å². The van der Waals surface area contributed by atoms with Crippen LogP contribution in [0.3, 0.4) is 0 Å². The van der Waals surface area contributed by atoms with Gasteiger partial charge in [0.2, 0.25) is 6.17 Å². The maximum Gasteiger partial charge on any atom is 0.276 e. The van der Waals surface area contributed by atoms with Crippen molar-refractivity contribution in [1.29, 1.82) is 0 Å². The summed E-state index contributed by atoms with van der Waals surface area (Å²) in [5, 5.41) is 12.0. The lowest BCUT2D eigenvalue weighted by Gasteiger charge is -2.32. The van der Waals surface area contributed by atoms with Gasteiger partial charge in [-0.05, 0) is 36.8 Å². The van der Waals surface area contributed by atoms with Crippen LogP contribution < -0.4 is 15.9 Å². The van der Waals surface area contributed by atoms with Crippen LogP contribution in [0.2, 0.25) is 5.02 Å². The van der Waals surface area contributed by atoms with Crippen molar-refractivity contribution in [3.63, 3.8) is 0 Å². The molecule has 0 radical (unpaired) electrons. The van der Waals surface area contributed by atoms with E-state index in [1.807, 2.05) is 60.7 Å². The molecule has 2 aromatic carbocycles. The summed E-state index contributed by atoms with van der Waals surface area (Å²) in [6.07, 6.45) is 0.398. The van der Waals surface area contributed by atoms with Crippen LogP contribution in [0.15, 0.2) is 75.2 Å². The van der Waals surface area contributed by atoms with E-state index in [0.717, 1.165) is 28.3 Å². The Morgan fingerprint density at radius 1 is 1.16 bits per heavy atom. The van der Waals surface area contributed by atoms with Crippen molar-refractivity contribution in [3.8, 4) is 11.3 Å². The number of carbonyl (C=O) groups is 1. The molecule has 0 spiro atoms. The summed E-state index contributed by atoms with van der Waals surface area (Å²) in [5.74, 6) is 1.95. The van der Waals surface area contributed by atoms with E-state index in [4.69, 9.17) is 26.1 Å². The van der Waals surface area contributed by atoms with Gasteiger partial charge in [-0.1, -0.05) is 60.6 Å². The van der Waals surface area contributed by atoms with Crippen molar-refractivity contribution < 1.29 is 9.21 Å². The Labute approximate surface area is 188 Å². The van der Waals surface area contributed by atoms with Gasteiger partial charge in [0.25, 0.3) is 5.91 Å². The minimum Gasteiger partial charge on any atom is -0.457 e. The maximum atomic E-state index is 13.0. The van der Waals surface area contributed by atoms with Crippen molar-refractivity contribution >= 4 is 40.1 Å². The normalized spacial score (nSPS) is 17.4. The van der Waals surface area contributed by atoms with Crippen LogP contribution in [-0.2, 0) is 4.79 Å². The van der Waals surface area contributed by atoms with Crippen molar-refractivity contribution in [3.05, 3.63) is 82.0 Å². The molecule has 3 heterocycles. The molecule has 1 amide bonds. The van der Waals surface area contributed by atoms with E-state index in [-0.39, 0.29) is 5.91 Å². The Hall–Kier alpha value is -3.03. The minimum atomic E-state index is -0.582. The molecule has 1 aromatic heterocycles. The third-order valence-corrected chi connectivity index (χ3v) is 6.25. The van der Waals surface area contributed by atoms with E-state index < -0.39 is 6.17 Å². The van der Waals surface area contributed by atoms with Gasteiger partial charge in [0, 0.05) is 21.6 Å². The highest BCUT2D eigenvalue weighted by Gasteiger charge is 2.35. The molecular formula is C23H19ClN4O2S. The SMILES string of the molecule is CCCSC1=NN2C(=c3ccccc3=NC2c2ccc(-c3cccc(Cl)c3)o2)C(=O)N1. The van der Waals surface area contributed by atoms with Gasteiger partial charge in [-0.15, -0.1) is 5.10 Å². The molecule has 1 unspecified atom stereocenters. The summed E-state index contributed by atoms with van der Waals surface area (Å²) in [7, 11) is 0. The van der Waals surface area contributed by atoms with Crippen LogP contribution in [0.5, 0.6) is 0 Å². The fourth-order valence-corrected chi connectivity index (χ4v) is 4.46. The highest BCUT2D eigenvalue weighted by molar-refractivity contribution is 8.13. The molecule has 2 aliphatic rings. The molecule has 8 heteroatoms. The quantitative estimate of drug-likeness (QED) is 0.654. The number of thioether (sulfide) groups is 1. The fraction of sp³-hybridized carbons (Fsp3) is 0.174. The summed E-state index contributed by atoms with van der Waals surface area (Å²) >= 11 is 7.65. The zero-order valence-corrected chi connectivity index (χ0v) is 18.3. The Morgan fingerprint density at radius 2 is 2.03 bits per heavy atom. The number of benzene rings is 2. The van der Waals surface area contributed by atoms with Crippen LogP contribution in [0, 0.1) is 0 Å². The molecule has 1 atom stereocenters. The monoisotopic (exact) mass is 450 g/mol. The number of para-hydroxylation sites is 1. The number of rotatable bonds is 4. The van der Waals surface area contributed by atoms with Crippen molar-refractivity contribution in [2.45, 2.75) is 19.5 Å². The number of amides is 1. The minimum absolute atomic E-state index is 0.192. The third-order valence-electron chi connectivity index (χ3n) is 4.95. The molecule has 1 N–H and O–H groups in total. The van der Waals surface area contributed by atoms with Crippen LogP contribution in [-0.4, -0.2) is 21.8 Å². The van der Waals surface area contributed by atoms with Gasteiger partial charge >= 0.3 is 0 Å². The van der Waals surface area contributed by atoms with Crippen LogP contribution in [0.1, 0.15) is 25.3 Å². The van der Waals surface area contributed by atoms with E-state index in [1.54, 1.807) is 5.01 Å². The lowest BCUT2D eigenvalue weighted by molar-refractivity contribution is -0.116. The summed E-state index contributed by atoms with van der Waals surface area (Å²) < 4.78 is 6.16. The fourth-order valence-electron chi connectivity index (χ4n) is 3.57. The zero-order valence-electron chi connectivity index (χ0n) is 16.7. The first-order valence-electron chi connectivity index (χ1n) is 9.99. The second-order valence-electron chi connectivity index (χ2n) is 7.13.